The zero-order valence-corrected chi connectivity index (χ0v) is 7.08. The lowest BCUT2D eigenvalue weighted by Crippen LogP contribution is -2.43. The Morgan fingerprint density at radius 3 is 2.55 bits per heavy atom. The third-order valence-corrected chi connectivity index (χ3v) is 2.36. The summed E-state index contributed by atoms with van der Waals surface area (Å²) in [5, 5.41) is 8.48. The third kappa shape index (κ3) is 2.19. The van der Waals surface area contributed by atoms with Gasteiger partial charge >= 0.3 is 5.97 Å². The highest BCUT2D eigenvalue weighted by molar-refractivity contribution is 5.69. The first-order valence-corrected chi connectivity index (χ1v) is 4.01. The Hall–Kier alpha value is -0.570. The van der Waals surface area contributed by atoms with Crippen LogP contribution >= 0.6 is 0 Å². The largest absolute Gasteiger partial charge is 0.480 e. The molecule has 11 heavy (non-hydrogen) atoms. The molecular weight excluding hydrogens is 142 g/mol. The molecule has 3 nitrogen and oxygen atoms in total. The number of hydrogen-bond acceptors (Lipinski definition) is 2. The molecule has 0 radical (unpaired) electrons. The van der Waals surface area contributed by atoms with Gasteiger partial charge in [0.15, 0.2) is 0 Å². The van der Waals surface area contributed by atoms with E-state index >= 15 is 0 Å². The van der Waals surface area contributed by atoms with Gasteiger partial charge in [-0.1, -0.05) is 6.92 Å². The van der Waals surface area contributed by atoms with Crippen molar-refractivity contribution in [3.05, 3.63) is 0 Å². The van der Waals surface area contributed by atoms with Crippen molar-refractivity contribution in [2.24, 2.45) is 5.92 Å². The monoisotopic (exact) mass is 157 g/mol. The first kappa shape index (κ1) is 8.53. The Kier molecular flexibility index (Phi) is 2.49. The smallest absolute Gasteiger partial charge is 0.317 e. The van der Waals surface area contributed by atoms with Crippen molar-refractivity contribution >= 4 is 5.97 Å². The van der Waals surface area contributed by atoms with E-state index in [0.717, 1.165) is 18.8 Å². The van der Waals surface area contributed by atoms with E-state index in [1.165, 1.54) is 0 Å². The van der Waals surface area contributed by atoms with Crippen LogP contribution in [0.1, 0.15) is 19.8 Å². The van der Waals surface area contributed by atoms with E-state index in [-0.39, 0.29) is 6.54 Å². The van der Waals surface area contributed by atoms with Crippen LogP contribution in [-0.4, -0.2) is 35.6 Å². The molecule has 0 saturated heterocycles. The molecule has 0 amide bonds. The fourth-order valence-corrected chi connectivity index (χ4v) is 1.56. The zero-order chi connectivity index (χ0) is 8.43. The van der Waals surface area contributed by atoms with Crippen molar-refractivity contribution < 1.29 is 9.90 Å². The van der Waals surface area contributed by atoms with Crippen LogP contribution < -0.4 is 0 Å². The van der Waals surface area contributed by atoms with Crippen LogP contribution in [0, 0.1) is 5.92 Å². The van der Waals surface area contributed by atoms with E-state index in [1.54, 1.807) is 0 Å². The summed E-state index contributed by atoms with van der Waals surface area (Å²) < 4.78 is 0. The number of carbonyl (C=O) groups is 1. The highest BCUT2D eigenvalue weighted by Crippen LogP contribution is 2.29. The fourth-order valence-electron chi connectivity index (χ4n) is 1.56. The molecule has 1 aliphatic rings. The average Bonchev–Trinajstić information content (AvgIpc) is 1.79. The second-order valence-corrected chi connectivity index (χ2v) is 3.54. The average molecular weight is 157 g/mol. The molecule has 0 bridgehead atoms. The van der Waals surface area contributed by atoms with Gasteiger partial charge in [-0.05, 0) is 25.8 Å². The minimum Gasteiger partial charge on any atom is -0.480 e. The van der Waals surface area contributed by atoms with E-state index in [1.807, 2.05) is 11.9 Å². The molecule has 0 unspecified atom stereocenters. The summed E-state index contributed by atoms with van der Waals surface area (Å²) in [4.78, 5) is 12.2. The molecule has 0 spiro atoms. The van der Waals surface area contributed by atoms with Gasteiger partial charge in [-0.15, -0.1) is 0 Å². The number of carboxylic acid groups (broad SMARTS) is 1. The van der Waals surface area contributed by atoms with Gasteiger partial charge < -0.3 is 5.11 Å². The van der Waals surface area contributed by atoms with Gasteiger partial charge in [-0.2, -0.15) is 0 Å². The van der Waals surface area contributed by atoms with Gasteiger partial charge in [0.2, 0.25) is 0 Å². The zero-order valence-electron chi connectivity index (χ0n) is 7.08. The molecule has 1 fully saturated rings. The third-order valence-electron chi connectivity index (χ3n) is 2.36. The van der Waals surface area contributed by atoms with Crippen molar-refractivity contribution in [2.75, 3.05) is 13.6 Å². The van der Waals surface area contributed by atoms with Crippen LogP contribution in [0.5, 0.6) is 0 Å². The van der Waals surface area contributed by atoms with E-state index in [9.17, 15) is 4.79 Å². The first-order chi connectivity index (χ1) is 5.09. The summed E-state index contributed by atoms with van der Waals surface area (Å²) in [5.41, 5.74) is 0. The molecule has 1 rings (SSSR count). The number of carboxylic acids is 1. The van der Waals surface area contributed by atoms with Gasteiger partial charge in [0.1, 0.15) is 0 Å². The van der Waals surface area contributed by atoms with Crippen LogP contribution in [0.2, 0.25) is 0 Å². The maximum atomic E-state index is 10.3. The molecule has 1 saturated carbocycles. The van der Waals surface area contributed by atoms with Crippen molar-refractivity contribution in [3.63, 3.8) is 0 Å². The number of likely N-dealkylation sites (N-methyl/N-ethyl adjacent to an activating group) is 1. The highest BCUT2D eigenvalue weighted by Gasteiger charge is 2.29. The first-order valence-electron chi connectivity index (χ1n) is 4.01. The SMILES string of the molecule is CC1CC(N(C)CC(=O)O)C1. The summed E-state index contributed by atoms with van der Waals surface area (Å²) in [5.74, 6) is 0.0586. The van der Waals surface area contributed by atoms with Gasteiger partial charge in [0.05, 0.1) is 6.54 Å². The molecule has 3 heteroatoms. The lowest BCUT2D eigenvalue weighted by molar-refractivity contribution is -0.139. The van der Waals surface area contributed by atoms with Crippen LogP contribution in [0.25, 0.3) is 0 Å². The number of nitrogens with zero attached hydrogens (tertiary/aromatic N) is 1. The molecule has 1 aliphatic carbocycles. The van der Waals surface area contributed by atoms with Crippen LogP contribution in [0.3, 0.4) is 0 Å². The highest BCUT2D eigenvalue weighted by atomic mass is 16.4. The minimum absolute atomic E-state index is 0.178. The van der Waals surface area contributed by atoms with Crippen molar-refractivity contribution in [1.82, 2.24) is 4.90 Å². The lowest BCUT2D eigenvalue weighted by Gasteiger charge is -2.38. The molecule has 0 aliphatic heterocycles. The van der Waals surface area contributed by atoms with Crippen LogP contribution in [0.15, 0.2) is 0 Å². The summed E-state index contributed by atoms with van der Waals surface area (Å²) >= 11 is 0. The second-order valence-electron chi connectivity index (χ2n) is 3.54. The maximum absolute atomic E-state index is 10.3. The summed E-state index contributed by atoms with van der Waals surface area (Å²) in [6, 6.07) is 0.515. The number of hydrogen-bond donors (Lipinski definition) is 1. The molecule has 64 valence electrons. The fraction of sp³-hybridized carbons (Fsp3) is 0.875. The van der Waals surface area contributed by atoms with E-state index in [4.69, 9.17) is 5.11 Å². The Labute approximate surface area is 67.0 Å². The lowest BCUT2D eigenvalue weighted by atomic mass is 9.81. The standard InChI is InChI=1S/C8H15NO2/c1-6-3-7(4-6)9(2)5-8(10)11/h6-7H,3-5H2,1-2H3,(H,10,11). The molecule has 0 aromatic heterocycles. The van der Waals surface area contributed by atoms with E-state index in [0.29, 0.717) is 6.04 Å². The van der Waals surface area contributed by atoms with Crippen LogP contribution in [0.4, 0.5) is 0 Å². The van der Waals surface area contributed by atoms with Gasteiger partial charge in [-0.25, -0.2) is 0 Å². The van der Waals surface area contributed by atoms with Gasteiger partial charge in [0.25, 0.3) is 0 Å². The summed E-state index contributed by atoms with van der Waals surface area (Å²) in [7, 11) is 1.88. The van der Waals surface area contributed by atoms with Gasteiger partial charge in [-0.3, -0.25) is 9.69 Å². The Morgan fingerprint density at radius 1 is 1.64 bits per heavy atom. The van der Waals surface area contributed by atoms with E-state index in [2.05, 4.69) is 6.92 Å². The molecule has 0 aromatic rings. The quantitative estimate of drug-likeness (QED) is 0.658. The topological polar surface area (TPSA) is 40.5 Å². The molecule has 0 heterocycles. The van der Waals surface area contributed by atoms with Crippen molar-refractivity contribution in [1.29, 1.82) is 0 Å². The van der Waals surface area contributed by atoms with Crippen molar-refractivity contribution in [2.45, 2.75) is 25.8 Å². The molecule has 1 N–H and O–H groups in total. The Bertz CT molecular complexity index is 152. The summed E-state index contributed by atoms with van der Waals surface area (Å²) in [6.45, 7) is 2.38. The summed E-state index contributed by atoms with van der Waals surface area (Å²) in [6.07, 6.45) is 2.31. The molecular formula is C8H15NO2. The van der Waals surface area contributed by atoms with Crippen LogP contribution in [-0.2, 0) is 4.79 Å². The number of rotatable bonds is 3. The molecule has 0 atom stereocenters. The maximum Gasteiger partial charge on any atom is 0.317 e. The second kappa shape index (κ2) is 3.22. The normalized spacial score (nSPS) is 30.1. The van der Waals surface area contributed by atoms with E-state index < -0.39 is 5.97 Å². The number of aliphatic carboxylic acids is 1. The Balaban J connectivity index is 2.21. The molecule has 0 aromatic carbocycles. The van der Waals surface area contributed by atoms with Gasteiger partial charge in [0, 0.05) is 6.04 Å². The van der Waals surface area contributed by atoms with Crippen molar-refractivity contribution in [3.8, 4) is 0 Å². The minimum atomic E-state index is -0.730. The Morgan fingerprint density at radius 2 is 2.18 bits per heavy atom. The predicted octanol–water partition coefficient (Wildman–Crippen LogP) is 0.801. The predicted molar refractivity (Wildman–Crippen MR) is 42.5 cm³/mol.